The zero-order valence-electron chi connectivity index (χ0n) is 25.7. The van der Waals surface area contributed by atoms with E-state index in [0.29, 0.717) is 0 Å². The third-order valence-electron chi connectivity index (χ3n) is 8.84. The Hall–Kier alpha value is -1.52. The summed E-state index contributed by atoms with van der Waals surface area (Å²) in [6.07, 6.45) is 15.7. The maximum absolute atomic E-state index is 2.64. The van der Waals surface area contributed by atoms with Crippen molar-refractivity contribution in [1.82, 2.24) is 4.90 Å². The normalized spacial score (nSPS) is 16.3. The molecule has 0 unspecified atom stereocenters. The Morgan fingerprint density at radius 3 is 1.62 bits per heavy atom. The van der Waals surface area contributed by atoms with Crippen LogP contribution in [0.2, 0.25) is 0 Å². The molecule has 42 heavy (non-hydrogen) atoms. The summed E-state index contributed by atoms with van der Waals surface area (Å²) in [5.41, 5.74) is 3.49. The van der Waals surface area contributed by atoms with Crippen LogP contribution in [0.4, 0.5) is 0 Å². The van der Waals surface area contributed by atoms with Gasteiger partial charge in [-0.05, 0) is 76.2 Å². The number of hydrogen-bond donors (Lipinski definition) is 0. The Morgan fingerprint density at radius 1 is 0.690 bits per heavy atom. The number of likely N-dealkylation sites (N-methyl/N-ethyl adjacent to an activating group) is 1. The van der Waals surface area contributed by atoms with Crippen LogP contribution in [0, 0.1) is 0 Å². The van der Waals surface area contributed by atoms with Gasteiger partial charge in [-0.1, -0.05) is 106 Å². The first-order chi connectivity index (χ1) is 20.2. The van der Waals surface area contributed by atoms with Crippen molar-refractivity contribution < 1.29 is 17.1 Å². The minimum absolute atomic E-state index is 0. The summed E-state index contributed by atoms with van der Waals surface area (Å²) >= 11 is 0. The molecule has 0 aliphatic heterocycles. The van der Waals surface area contributed by atoms with Crippen LogP contribution in [0.3, 0.4) is 0 Å². The molecule has 4 aromatic rings. The Balaban J connectivity index is 0.000000612. The monoisotopic (exact) mass is 637 g/mol. The van der Waals surface area contributed by atoms with E-state index in [2.05, 4.69) is 91.8 Å². The van der Waals surface area contributed by atoms with Crippen LogP contribution in [0.5, 0.6) is 0 Å². The zero-order valence-corrected chi connectivity index (χ0v) is 28.5. The Labute approximate surface area is 269 Å². The van der Waals surface area contributed by atoms with E-state index < -0.39 is 7.92 Å². The number of hydrogen-bond acceptors (Lipinski definition) is 1. The van der Waals surface area contributed by atoms with Crippen molar-refractivity contribution in [3.05, 3.63) is 109 Å². The molecule has 0 amide bonds. The van der Waals surface area contributed by atoms with E-state index in [-0.39, 0.29) is 25.0 Å². The summed E-state index contributed by atoms with van der Waals surface area (Å²) in [5.74, 6) is 0. The summed E-state index contributed by atoms with van der Waals surface area (Å²) < 4.78 is 0. The van der Waals surface area contributed by atoms with E-state index in [1.165, 1.54) is 74.8 Å². The predicted molar refractivity (Wildman–Crippen MR) is 185 cm³/mol. The van der Waals surface area contributed by atoms with Gasteiger partial charge in [-0.25, -0.2) is 18.2 Å². The Morgan fingerprint density at radius 2 is 1.19 bits per heavy atom. The summed E-state index contributed by atoms with van der Waals surface area (Å²) in [6, 6.07) is 38.1. The maximum atomic E-state index is 2.64. The molecule has 4 heteroatoms. The molecule has 0 N–H and O–H groups in total. The van der Waals surface area contributed by atoms with Gasteiger partial charge in [0.15, 0.2) is 0 Å². The standard InChI is InChI=1S/C33H44NP2.C5H5.Fe/c1-34(2)26-25-27-23-24-32(35(28-15-7-3-8-16-28)29-17-9-4-10-18-29)33(27)36(30-19-11-5-12-20-30)31-21-13-6-14-22-31;1-2-4-5-3-1;/h5-6,11-14,19-24,28-29H,3-4,7-10,15-18,25-26H2,1-2H3;1-5H;/q2*-1;+2. The van der Waals surface area contributed by atoms with E-state index in [1.807, 2.05) is 30.3 Å². The van der Waals surface area contributed by atoms with Crippen LogP contribution in [0.15, 0.2) is 103 Å². The second-order valence-electron chi connectivity index (χ2n) is 12.1. The molecular formula is C38H49FeNP2. The van der Waals surface area contributed by atoms with Gasteiger partial charge in [-0.2, -0.15) is 29.8 Å². The second-order valence-corrected chi connectivity index (χ2v) is 17.0. The molecule has 0 saturated heterocycles. The Bertz CT molecular complexity index is 1160. The molecule has 0 spiro atoms. The molecule has 2 aliphatic rings. The van der Waals surface area contributed by atoms with Gasteiger partial charge in [0, 0.05) is 0 Å². The van der Waals surface area contributed by atoms with Crippen LogP contribution in [-0.2, 0) is 23.5 Å². The molecule has 224 valence electrons. The van der Waals surface area contributed by atoms with Crippen molar-refractivity contribution in [2.75, 3.05) is 20.6 Å². The molecular weight excluding hydrogens is 588 g/mol. The second kappa shape index (κ2) is 17.7. The molecule has 0 radical (unpaired) electrons. The fraction of sp³-hybridized carbons (Fsp3) is 0.421. The molecule has 2 aliphatic carbocycles. The average Bonchev–Trinajstić information content (AvgIpc) is 3.74. The summed E-state index contributed by atoms with van der Waals surface area (Å²) in [6.45, 7) is 1.12. The minimum atomic E-state index is -0.558. The average molecular weight is 638 g/mol. The van der Waals surface area contributed by atoms with Crippen LogP contribution in [-0.4, -0.2) is 36.9 Å². The number of rotatable bonds is 9. The first-order valence-electron chi connectivity index (χ1n) is 16.0. The van der Waals surface area contributed by atoms with Gasteiger partial charge < -0.3 is 4.90 Å². The Kier molecular flexibility index (Phi) is 14.1. The molecule has 0 bridgehead atoms. The van der Waals surface area contributed by atoms with Gasteiger partial charge in [-0.15, -0.1) is 18.5 Å². The minimum Gasteiger partial charge on any atom is -0.310 e. The molecule has 1 nitrogen and oxygen atoms in total. The van der Waals surface area contributed by atoms with Crippen molar-refractivity contribution >= 4 is 37.1 Å². The first-order valence-corrected chi connectivity index (χ1v) is 18.8. The molecule has 4 aromatic carbocycles. The molecule has 2 fully saturated rings. The molecule has 6 rings (SSSR count). The van der Waals surface area contributed by atoms with Crippen LogP contribution in [0.25, 0.3) is 0 Å². The van der Waals surface area contributed by atoms with Crippen molar-refractivity contribution in [3.8, 4) is 0 Å². The topological polar surface area (TPSA) is 3.24 Å². The van der Waals surface area contributed by atoms with Gasteiger partial charge in [0.1, 0.15) is 0 Å². The molecule has 0 heterocycles. The van der Waals surface area contributed by atoms with E-state index in [9.17, 15) is 0 Å². The quantitative estimate of drug-likeness (QED) is 0.101. The van der Waals surface area contributed by atoms with E-state index in [1.54, 1.807) is 16.2 Å². The van der Waals surface area contributed by atoms with Gasteiger partial charge >= 0.3 is 17.1 Å². The van der Waals surface area contributed by atoms with Gasteiger partial charge in [0.05, 0.1) is 0 Å². The summed E-state index contributed by atoms with van der Waals surface area (Å²) in [4.78, 5) is 2.36. The third kappa shape index (κ3) is 9.00. The number of nitrogens with zero attached hydrogens (tertiary/aromatic N) is 1. The first kappa shape index (κ1) is 33.4. The molecule has 0 aromatic heterocycles. The SMILES string of the molecule is CN(C)CCc1cc[c-](P(C2CCCCC2)C2CCCCC2)c1P(c1ccccc1)c1ccccc1.[Fe+2].c1cc[cH-]c1. The van der Waals surface area contributed by atoms with Crippen molar-refractivity contribution in [2.45, 2.75) is 81.9 Å². The fourth-order valence-corrected chi connectivity index (χ4v) is 13.8. The van der Waals surface area contributed by atoms with Crippen LogP contribution in [0.1, 0.15) is 69.8 Å². The maximum Gasteiger partial charge on any atom is 2.00 e. The van der Waals surface area contributed by atoms with Crippen LogP contribution >= 0.6 is 15.8 Å². The predicted octanol–water partition coefficient (Wildman–Crippen LogP) is 8.44. The largest absolute Gasteiger partial charge is 2.00 e. The van der Waals surface area contributed by atoms with E-state index >= 15 is 0 Å². The van der Waals surface area contributed by atoms with Crippen molar-refractivity contribution in [1.29, 1.82) is 0 Å². The van der Waals surface area contributed by atoms with E-state index in [4.69, 9.17) is 0 Å². The fourth-order valence-electron chi connectivity index (χ4n) is 6.81. The number of benzene rings is 2. The summed E-state index contributed by atoms with van der Waals surface area (Å²) in [5, 5.41) is 6.57. The summed E-state index contributed by atoms with van der Waals surface area (Å²) in [7, 11) is 3.75. The van der Waals surface area contributed by atoms with Crippen LogP contribution < -0.4 is 21.2 Å². The van der Waals surface area contributed by atoms with Gasteiger partial charge in [0.25, 0.3) is 0 Å². The van der Waals surface area contributed by atoms with Gasteiger partial charge in [-0.3, -0.25) is 0 Å². The van der Waals surface area contributed by atoms with Crippen molar-refractivity contribution in [3.63, 3.8) is 0 Å². The zero-order chi connectivity index (χ0) is 28.3. The van der Waals surface area contributed by atoms with Crippen molar-refractivity contribution in [2.24, 2.45) is 0 Å². The molecule has 0 atom stereocenters. The smallest absolute Gasteiger partial charge is 0.310 e. The van der Waals surface area contributed by atoms with Gasteiger partial charge in [0.2, 0.25) is 0 Å². The molecule has 2 saturated carbocycles. The van der Waals surface area contributed by atoms with E-state index in [0.717, 1.165) is 24.3 Å². The third-order valence-corrected chi connectivity index (χ3v) is 15.2.